The number of anilines is 1. The number of nitrogens with one attached hydrogen (secondary N) is 2. The van der Waals surface area contributed by atoms with Gasteiger partial charge in [0.15, 0.2) is 0 Å². The first-order chi connectivity index (χ1) is 12.8. The van der Waals surface area contributed by atoms with E-state index in [2.05, 4.69) is 10.0 Å². The van der Waals surface area contributed by atoms with Crippen LogP contribution >= 0.6 is 0 Å². The predicted molar refractivity (Wildman–Crippen MR) is 97.5 cm³/mol. The van der Waals surface area contributed by atoms with Crippen molar-refractivity contribution in [1.82, 2.24) is 4.72 Å². The monoisotopic (exact) mass is 394 g/mol. The summed E-state index contributed by atoms with van der Waals surface area (Å²) in [5.41, 5.74) is 0.513. The quantitative estimate of drug-likeness (QED) is 0.566. The second-order valence-electron chi connectivity index (χ2n) is 5.74. The van der Waals surface area contributed by atoms with Crippen LogP contribution in [-0.2, 0) is 14.8 Å². The molecule has 0 atom stereocenters. The van der Waals surface area contributed by atoms with Crippen LogP contribution in [0.15, 0.2) is 53.4 Å². The van der Waals surface area contributed by atoms with Crippen LogP contribution in [0.2, 0.25) is 0 Å². The Balaban J connectivity index is 2.01. The van der Waals surface area contributed by atoms with Gasteiger partial charge in [-0.2, -0.15) is 0 Å². The van der Waals surface area contributed by atoms with Crippen molar-refractivity contribution in [3.63, 3.8) is 0 Å². The van der Waals surface area contributed by atoms with E-state index < -0.39 is 27.7 Å². The van der Waals surface area contributed by atoms with Gasteiger partial charge in [-0.05, 0) is 55.3 Å². The summed E-state index contributed by atoms with van der Waals surface area (Å²) in [7, 11) is -3.82. The molecule has 0 spiro atoms. The van der Waals surface area contributed by atoms with E-state index in [1.54, 1.807) is 0 Å². The molecule has 0 aromatic heterocycles. The smallest absolute Gasteiger partial charge is 0.303 e. The van der Waals surface area contributed by atoms with Crippen molar-refractivity contribution in [3.8, 4) is 0 Å². The number of carboxylic acids is 1. The first kappa shape index (κ1) is 20.5. The molecule has 2 aromatic rings. The van der Waals surface area contributed by atoms with E-state index in [1.165, 1.54) is 48.5 Å². The average molecular weight is 394 g/mol. The van der Waals surface area contributed by atoms with Crippen molar-refractivity contribution in [2.75, 3.05) is 11.9 Å². The molecule has 144 valence electrons. The Morgan fingerprint density at radius 1 is 1.04 bits per heavy atom. The molecule has 27 heavy (non-hydrogen) atoms. The highest BCUT2D eigenvalue weighted by molar-refractivity contribution is 7.89. The lowest BCUT2D eigenvalue weighted by Crippen LogP contribution is -2.25. The molecule has 9 heteroatoms. The predicted octanol–water partition coefficient (Wildman–Crippen LogP) is 2.61. The molecule has 0 fully saturated rings. The van der Waals surface area contributed by atoms with Gasteiger partial charge in [-0.3, -0.25) is 9.59 Å². The Hall–Kier alpha value is -2.78. The molecule has 0 saturated heterocycles. The molecule has 0 aliphatic rings. The van der Waals surface area contributed by atoms with Crippen molar-refractivity contribution < 1.29 is 27.5 Å². The number of amides is 1. The molecule has 1 amide bonds. The fraction of sp³-hybridized carbons (Fsp3) is 0.222. The lowest BCUT2D eigenvalue weighted by molar-refractivity contribution is -0.137. The highest BCUT2D eigenvalue weighted by atomic mass is 32.2. The first-order valence-corrected chi connectivity index (χ1v) is 9.65. The van der Waals surface area contributed by atoms with Crippen LogP contribution in [0.3, 0.4) is 0 Å². The zero-order valence-corrected chi connectivity index (χ0v) is 15.1. The summed E-state index contributed by atoms with van der Waals surface area (Å²) in [6.07, 6.45) is 0.717. The number of hydrogen-bond acceptors (Lipinski definition) is 4. The van der Waals surface area contributed by atoms with Gasteiger partial charge in [-0.1, -0.05) is 6.07 Å². The van der Waals surface area contributed by atoms with Crippen molar-refractivity contribution in [2.24, 2.45) is 0 Å². The molecule has 0 aliphatic heterocycles. The van der Waals surface area contributed by atoms with E-state index in [0.717, 1.165) is 0 Å². The third-order valence-electron chi connectivity index (χ3n) is 3.62. The molecule has 2 rings (SSSR count). The highest BCUT2D eigenvalue weighted by Gasteiger charge is 2.16. The number of carboxylic acid groups (broad SMARTS) is 1. The maximum absolute atomic E-state index is 12.9. The molecular formula is C18H19FN2O5S. The Bertz CT molecular complexity index is 914. The molecule has 3 N–H and O–H groups in total. The van der Waals surface area contributed by atoms with Gasteiger partial charge in [-0.15, -0.1) is 0 Å². The summed E-state index contributed by atoms with van der Waals surface area (Å²) in [5, 5.41) is 11.1. The Labute approximate surface area is 156 Å². The summed E-state index contributed by atoms with van der Waals surface area (Å²) < 4.78 is 39.9. The molecular weight excluding hydrogens is 375 g/mol. The van der Waals surface area contributed by atoms with E-state index in [4.69, 9.17) is 5.11 Å². The van der Waals surface area contributed by atoms with E-state index in [1.807, 2.05) is 0 Å². The first-order valence-electron chi connectivity index (χ1n) is 8.16. The van der Waals surface area contributed by atoms with Crippen molar-refractivity contribution in [1.29, 1.82) is 0 Å². The van der Waals surface area contributed by atoms with E-state index >= 15 is 0 Å². The van der Waals surface area contributed by atoms with E-state index in [0.29, 0.717) is 18.5 Å². The number of unbranched alkanes of at least 4 members (excludes halogenated alkanes) is 1. The minimum Gasteiger partial charge on any atom is -0.481 e. The highest BCUT2D eigenvalue weighted by Crippen LogP contribution is 2.14. The number of aliphatic carboxylic acids is 1. The molecule has 0 bridgehead atoms. The van der Waals surface area contributed by atoms with Crippen LogP contribution in [-0.4, -0.2) is 31.9 Å². The van der Waals surface area contributed by atoms with Crippen molar-refractivity contribution in [2.45, 2.75) is 24.2 Å². The number of rotatable bonds is 9. The molecule has 0 radical (unpaired) electrons. The van der Waals surface area contributed by atoms with Crippen LogP contribution in [0.1, 0.15) is 29.6 Å². The number of hydrogen-bond donors (Lipinski definition) is 3. The SMILES string of the molecule is O=C(O)CCCCNS(=O)(=O)c1cccc(C(=O)Nc2ccc(F)cc2)c1. The summed E-state index contributed by atoms with van der Waals surface area (Å²) in [6.45, 7) is 0.0988. The topological polar surface area (TPSA) is 113 Å². The van der Waals surface area contributed by atoms with Gasteiger partial charge in [0.1, 0.15) is 5.82 Å². The molecule has 0 saturated carbocycles. The van der Waals surface area contributed by atoms with Crippen LogP contribution in [0.5, 0.6) is 0 Å². The third kappa shape index (κ3) is 6.46. The molecule has 0 aliphatic carbocycles. The Kier molecular flexibility index (Phi) is 7.03. The standard InChI is InChI=1S/C18H19FN2O5S/c19-14-7-9-15(10-8-14)21-18(24)13-4-3-5-16(12-13)27(25,26)20-11-2-1-6-17(22)23/h3-5,7-10,12,20H,1-2,6,11H2,(H,21,24)(H,22,23). The maximum Gasteiger partial charge on any atom is 0.303 e. The fourth-order valence-electron chi connectivity index (χ4n) is 2.23. The second kappa shape index (κ2) is 9.24. The summed E-state index contributed by atoms with van der Waals surface area (Å²) in [6, 6.07) is 10.7. The van der Waals surface area contributed by atoms with Crippen LogP contribution in [0, 0.1) is 5.82 Å². The zero-order valence-electron chi connectivity index (χ0n) is 14.3. The number of sulfonamides is 1. The van der Waals surface area contributed by atoms with Crippen LogP contribution in [0.25, 0.3) is 0 Å². The molecule has 7 nitrogen and oxygen atoms in total. The molecule has 0 unspecified atom stereocenters. The summed E-state index contributed by atoms with van der Waals surface area (Å²) in [4.78, 5) is 22.6. The van der Waals surface area contributed by atoms with Gasteiger partial charge >= 0.3 is 5.97 Å². The largest absolute Gasteiger partial charge is 0.481 e. The van der Waals surface area contributed by atoms with Crippen LogP contribution < -0.4 is 10.0 Å². The maximum atomic E-state index is 12.9. The molecule has 2 aromatic carbocycles. The average Bonchev–Trinajstić information content (AvgIpc) is 2.63. The summed E-state index contributed by atoms with van der Waals surface area (Å²) >= 11 is 0. The number of carbonyl (C=O) groups is 2. The van der Waals surface area contributed by atoms with Gasteiger partial charge in [0.25, 0.3) is 5.91 Å². The lowest BCUT2D eigenvalue weighted by Gasteiger charge is -2.09. The Morgan fingerprint density at radius 3 is 2.41 bits per heavy atom. The van der Waals surface area contributed by atoms with Crippen molar-refractivity contribution >= 4 is 27.6 Å². The molecule has 0 heterocycles. The zero-order chi connectivity index (χ0) is 19.9. The van der Waals surface area contributed by atoms with Gasteiger partial charge in [-0.25, -0.2) is 17.5 Å². The number of carbonyl (C=O) groups excluding carboxylic acids is 1. The normalized spacial score (nSPS) is 11.1. The Morgan fingerprint density at radius 2 is 1.74 bits per heavy atom. The van der Waals surface area contributed by atoms with Crippen molar-refractivity contribution in [3.05, 3.63) is 59.9 Å². The van der Waals surface area contributed by atoms with E-state index in [-0.39, 0.29) is 23.4 Å². The number of benzene rings is 2. The van der Waals surface area contributed by atoms with Gasteiger partial charge in [0, 0.05) is 24.2 Å². The summed E-state index contributed by atoms with van der Waals surface area (Å²) in [5.74, 6) is -1.90. The second-order valence-corrected chi connectivity index (χ2v) is 7.50. The minimum absolute atomic E-state index is 0.0270. The minimum atomic E-state index is -3.82. The van der Waals surface area contributed by atoms with Gasteiger partial charge in [0.05, 0.1) is 4.90 Å². The third-order valence-corrected chi connectivity index (χ3v) is 5.08. The lowest BCUT2D eigenvalue weighted by atomic mass is 10.2. The fourth-order valence-corrected chi connectivity index (χ4v) is 3.35. The number of halogens is 1. The van der Waals surface area contributed by atoms with Gasteiger partial charge in [0.2, 0.25) is 10.0 Å². The van der Waals surface area contributed by atoms with E-state index in [9.17, 15) is 22.4 Å². The van der Waals surface area contributed by atoms with Gasteiger partial charge < -0.3 is 10.4 Å². The van der Waals surface area contributed by atoms with Crippen LogP contribution in [0.4, 0.5) is 10.1 Å².